The lowest BCUT2D eigenvalue weighted by Crippen LogP contribution is -2.21. The molecule has 0 aliphatic carbocycles. The van der Waals surface area contributed by atoms with Crippen molar-refractivity contribution in [1.82, 2.24) is 0 Å². The van der Waals surface area contributed by atoms with Crippen LogP contribution < -0.4 is 8.80 Å². The van der Waals surface area contributed by atoms with Crippen molar-refractivity contribution >= 4 is 42.5 Å². The van der Waals surface area contributed by atoms with Crippen LogP contribution in [0.1, 0.15) is 0 Å². The first-order chi connectivity index (χ1) is 10.4. The molecule has 0 aliphatic heterocycles. The van der Waals surface area contributed by atoms with E-state index >= 15 is 0 Å². The summed E-state index contributed by atoms with van der Waals surface area (Å²) in [5.41, 5.74) is 2.52. The van der Waals surface area contributed by atoms with Gasteiger partial charge in [-0.15, -0.1) is 11.3 Å². The quantitative estimate of drug-likeness (QED) is 0.385. The first-order valence-corrected chi connectivity index (χ1v) is 7.78. The third-order valence-corrected chi connectivity index (χ3v) is 5.15. The van der Waals surface area contributed by atoms with Crippen LogP contribution >= 0.6 is 11.3 Å². The molecule has 5 aromatic heterocycles. The molecule has 21 heavy (non-hydrogen) atoms. The van der Waals surface area contributed by atoms with E-state index in [-0.39, 0.29) is 0 Å². The summed E-state index contributed by atoms with van der Waals surface area (Å²) < 4.78 is 7.07. The monoisotopic (exact) mass is 288 g/mol. The SMILES string of the molecule is c1cc[n+]2ccc3sc4cc[n+]5ccccc5c4c3c2c1. The molecule has 98 valence electrons. The van der Waals surface area contributed by atoms with Gasteiger partial charge in [-0.1, -0.05) is 0 Å². The molecule has 0 fully saturated rings. The second-order valence-corrected chi connectivity index (χ2v) is 6.28. The second kappa shape index (κ2) is 3.99. The summed E-state index contributed by atoms with van der Waals surface area (Å²) in [5.74, 6) is 0. The Balaban J connectivity index is 2.18. The van der Waals surface area contributed by atoms with E-state index in [9.17, 15) is 0 Å². The maximum absolute atomic E-state index is 2.21. The van der Waals surface area contributed by atoms with Gasteiger partial charge in [0.25, 0.3) is 0 Å². The first-order valence-electron chi connectivity index (χ1n) is 6.96. The summed E-state index contributed by atoms with van der Waals surface area (Å²) in [6.45, 7) is 0. The van der Waals surface area contributed by atoms with Gasteiger partial charge in [-0.3, -0.25) is 0 Å². The molecule has 0 N–H and O–H groups in total. The Labute approximate surface area is 125 Å². The van der Waals surface area contributed by atoms with Crippen LogP contribution in [-0.4, -0.2) is 0 Å². The molecule has 5 heterocycles. The third kappa shape index (κ3) is 1.46. The summed E-state index contributed by atoms with van der Waals surface area (Å²) in [4.78, 5) is 0. The van der Waals surface area contributed by atoms with Crippen molar-refractivity contribution in [2.45, 2.75) is 0 Å². The zero-order chi connectivity index (χ0) is 13.8. The summed E-state index contributed by atoms with van der Waals surface area (Å²) >= 11 is 1.86. The Hall–Kier alpha value is -2.52. The zero-order valence-electron chi connectivity index (χ0n) is 11.2. The number of fused-ring (bicyclic) bond motifs is 7. The molecule has 2 nitrogen and oxygen atoms in total. The molecule has 0 amide bonds. The van der Waals surface area contributed by atoms with Gasteiger partial charge in [0.1, 0.15) is 0 Å². The van der Waals surface area contributed by atoms with Crippen LogP contribution in [0.15, 0.2) is 73.3 Å². The van der Waals surface area contributed by atoms with Crippen LogP contribution in [0.4, 0.5) is 0 Å². The van der Waals surface area contributed by atoms with Gasteiger partial charge in [-0.2, -0.15) is 8.80 Å². The van der Waals surface area contributed by atoms with Gasteiger partial charge < -0.3 is 0 Å². The Morgan fingerprint density at radius 2 is 1.10 bits per heavy atom. The van der Waals surface area contributed by atoms with Gasteiger partial charge in [0.15, 0.2) is 24.8 Å². The van der Waals surface area contributed by atoms with Crippen LogP contribution in [0.3, 0.4) is 0 Å². The van der Waals surface area contributed by atoms with Crippen molar-refractivity contribution in [3.05, 3.63) is 73.3 Å². The largest absolute Gasteiger partial charge is 0.220 e. The average Bonchev–Trinajstić information content (AvgIpc) is 2.94. The van der Waals surface area contributed by atoms with Gasteiger partial charge in [-0.05, 0) is 12.1 Å². The van der Waals surface area contributed by atoms with E-state index in [0.717, 1.165) is 0 Å². The number of aromatic nitrogens is 2. The highest BCUT2D eigenvalue weighted by molar-refractivity contribution is 7.26. The highest BCUT2D eigenvalue weighted by Crippen LogP contribution is 2.36. The van der Waals surface area contributed by atoms with Crippen molar-refractivity contribution in [2.24, 2.45) is 0 Å². The highest BCUT2D eigenvalue weighted by atomic mass is 32.1. The predicted octanol–water partition coefficient (Wildman–Crippen LogP) is 3.53. The number of rotatable bonds is 0. The lowest BCUT2D eigenvalue weighted by Gasteiger charge is -1.95. The first kappa shape index (κ1) is 11.2. The van der Waals surface area contributed by atoms with E-state index in [1.807, 2.05) is 11.3 Å². The minimum absolute atomic E-state index is 1.26. The number of pyridine rings is 4. The van der Waals surface area contributed by atoms with Crippen molar-refractivity contribution in [2.75, 3.05) is 0 Å². The Bertz CT molecular complexity index is 1050. The molecule has 5 aromatic rings. The highest BCUT2D eigenvalue weighted by Gasteiger charge is 2.18. The smallest absolute Gasteiger partial charge is 0.167 e. The Morgan fingerprint density at radius 3 is 1.62 bits per heavy atom. The van der Waals surface area contributed by atoms with Gasteiger partial charge in [0.2, 0.25) is 11.0 Å². The molecule has 0 saturated heterocycles. The molecule has 0 radical (unpaired) electrons. The van der Waals surface area contributed by atoms with Crippen LogP contribution in [0.5, 0.6) is 0 Å². The van der Waals surface area contributed by atoms with Gasteiger partial charge in [0, 0.05) is 45.8 Å². The van der Waals surface area contributed by atoms with Crippen molar-refractivity contribution in [1.29, 1.82) is 0 Å². The summed E-state index contributed by atoms with van der Waals surface area (Å²) in [6.07, 6.45) is 8.50. The maximum Gasteiger partial charge on any atom is 0.220 e. The average molecular weight is 288 g/mol. The molecule has 0 aliphatic rings. The standard InChI is InChI=1S/C18H12N2S/c1-3-9-19-11-7-15-17(13(19)5-1)18-14-6-2-4-10-20(14)12-8-16(18)21-15/h1-12H/q+2. The molecule has 0 atom stereocenters. The van der Waals surface area contributed by atoms with E-state index in [1.54, 1.807) is 0 Å². The van der Waals surface area contributed by atoms with E-state index in [4.69, 9.17) is 0 Å². The predicted molar refractivity (Wildman–Crippen MR) is 85.7 cm³/mol. The number of nitrogens with zero attached hydrogens (tertiary/aromatic N) is 2. The second-order valence-electron chi connectivity index (χ2n) is 5.20. The fourth-order valence-corrected chi connectivity index (χ4v) is 4.21. The van der Waals surface area contributed by atoms with Crippen LogP contribution in [0, 0.1) is 0 Å². The molecule has 0 aromatic carbocycles. The molecule has 0 saturated carbocycles. The van der Waals surface area contributed by atoms with Crippen LogP contribution in [0.25, 0.3) is 31.2 Å². The van der Waals surface area contributed by atoms with Crippen LogP contribution in [-0.2, 0) is 0 Å². The van der Waals surface area contributed by atoms with E-state index in [0.29, 0.717) is 0 Å². The molecular weight excluding hydrogens is 276 g/mol. The Morgan fingerprint density at radius 1 is 0.571 bits per heavy atom. The lowest BCUT2D eigenvalue weighted by molar-refractivity contribution is -0.511. The van der Waals surface area contributed by atoms with Crippen molar-refractivity contribution in [3.63, 3.8) is 0 Å². The van der Waals surface area contributed by atoms with Crippen molar-refractivity contribution < 1.29 is 8.80 Å². The number of hydrogen-bond donors (Lipinski definition) is 0. The van der Waals surface area contributed by atoms with Gasteiger partial charge >= 0.3 is 0 Å². The van der Waals surface area contributed by atoms with E-state index in [2.05, 4.69) is 82.1 Å². The number of hydrogen-bond acceptors (Lipinski definition) is 1. The summed E-state index contributed by atoms with van der Waals surface area (Å²) in [5, 5.41) is 2.70. The minimum atomic E-state index is 1.26. The summed E-state index contributed by atoms with van der Waals surface area (Å²) in [6, 6.07) is 17.2. The van der Waals surface area contributed by atoms with E-state index in [1.165, 1.54) is 31.2 Å². The van der Waals surface area contributed by atoms with Crippen molar-refractivity contribution in [3.8, 4) is 0 Å². The summed E-state index contributed by atoms with van der Waals surface area (Å²) in [7, 11) is 0. The van der Waals surface area contributed by atoms with E-state index < -0.39 is 0 Å². The third-order valence-electron chi connectivity index (χ3n) is 4.03. The molecule has 0 unspecified atom stereocenters. The maximum atomic E-state index is 2.21. The molecule has 3 heteroatoms. The van der Waals surface area contributed by atoms with Crippen LogP contribution in [0.2, 0.25) is 0 Å². The minimum Gasteiger partial charge on any atom is -0.167 e. The van der Waals surface area contributed by atoms with Gasteiger partial charge in [0.05, 0.1) is 10.8 Å². The molecule has 0 spiro atoms. The fourth-order valence-electron chi connectivity index (χ4n) is 3.10. The Kier molecular flexibility index (Phi) is 2.12. The lowest BCUT2D eigenvalue weighted by atomic mass is 10.1. The fraction of sp³-hybridized carbons (Fsp3) is 0. The number of thiophene rings is 1. The molecule has 5 rings (SSSR count). The molecule has 0 bridgehead atoms. The topological polar surface area (TPSA) is 8.20 Å². The van der Waals surface area contributed by atoms with Gasteiger partial charge in [-0.25, -0.2) is 0 Å². The normalized spacial score (nSPS) is 11.8. The zero-order valence-corrected chi connectivity index (χ0v) is 12.0. The molecular formula is C18H12N2S+2.